The summed E-state index contributed by atoms with van der Waals surface area (Å²) in [7, 11) is 0. The van der Waals surface area contributed by atoms with Crippen molar-refractivity contribution in [3.8, 4) is 0 Å². The van der Waals surface area contributed by atoms with Gasteiger partial charge in [0.15, 0.2) is 5.82 Å². The molecule has 0 aliphatic heterocycles. The van der Waals surface area contributed by atoms with Gasteiger partial charge in [0.25, 0.3) is 5.69 Å². The van der Waals surface area contributed by atoms with Gasteiger partial charge in [-0.05, 0) is 32.5 Å². The Kier molecular flexibility index (Phi) is 3.24. The molecule has 0 radical (unpaired) electrons. The van der Waals surface area contributed by atoms with Crippen molar-refractivity contribution >= 4 is 28.4 Å². The maximum Gasteiger partial charge on any atom is 0.377 e. The van der Waals surface area contributed by atoms with E-state index in [4.69, 9.17) is 0 Å². The summed E-state index contributed by atoms with van der Waals surface area (Å²) in [5, 5.41) is 10.3. The Balaban J connectivity index is 3.34. The lowest BCUT2D eigenvalue weighted by Crippen LogP contribution is -2.02. The molecule has 0 saturated carbocycles. The molecule has 0 saturated heterocycles. The third-order valence-corrected chi connectivity index (χ3v) is 2.11. The van der Waals surface area contributed by atoms with E-state index in [1.807, 2.05) is 0 Å². The molecule has 76 valence electrons. The van der Waals surface area contributed by atoms with Crippen LogP contribution in [0.2, 0.25) is 0 Å². The fraction of sp³-hybridized carbons (Fsp3) is 0.167. The summed E-state index contributed by atoms with van der Waals surface area (Å²) in [6, 6.07) is 0.660. The number of aromatic nitrogens is 1. The third-order valence-electron chi connectivity index (χ3n) is 1.32. The zero-order valence-electron chi connectivity index (χ0n) is 6.38. The Labute approximate surface area is 89.4 Å². The van der Waals surface area contributed by atoms with Crippen molar-refractivity contribution in [2.45, 2.75) is 6.43 Å². The SMILES string of the molecule is O=[N+]([O-])c1nc(C(F)F)c(F)cc1I. The first-order chi connectivity index (χ1) is 6.43. The molecule has 0 spiro atoms. The lowest BCUT2D eigenvalue weighted by molar-refractivity contribution is -0.390. The molecule has 1 heterocycles. The van der Waals surface area contributed by atoms with Crippen molar-refractivity contribution < 1.29 is 18.1 Å². The molecule has 0 aliphatic rings. The van der Waals surface area contributed by atoms with Gasteiger partial charge in [0.2, 0.25) is 0 Å². The van der Waals surface area contributed by atoms with Crippen molar-refractivity contribution in [2.75, 3.05) is 0 Å². The molecule has 1 aromatic heterocycles. The van der Waals surface area contributed by atoms with E-state index in [1.165, 1.54) is 22.6 Å². The molecule has 0 aliphatic carbocycles. The zero-order valence-corrected chi connectivity index (χ0v) is 8.53. The molecule has 0 atom stereocenters. The van der Waals surface area contributed by atoms with Crippen LogP contribution in [-0.2, 0) is 0 Å². The van der Waals surface area contributed by atoms with Crippen molar-refractivity contribution in [1.82, 2.24) is 4.98 Å². The van der Waals surface area contributed by atoms with E-state index < -0.39 is 28.7 Å². The van der Waals surface area contributed by atoms with Gasteiger partial charge in [0.05, 0.1) is 0 Å². The van der Waals surface area contributed by atoms with E-state index in [0.29, 0.717) is 6.07 Å². The smallest absolute Gasteiger partial charge is 0.358 e. The average molecular weight is 318 g/mol. The highest BCUT2D eigenvalue weighted by Crippen LogP contribution is 2.26. The van der Waals surface area contributed by atoms with Gasteiger partial charge >= 0.3 is 12.2 Å². The minimum Gasteiger partial charge on any atom is -0.358 e. The van der Waals surface area contributed by atoms with Crippen LogP contribution in [0.3, 0.4) is 0 Å². The molecule has 0 bridgehead atoms. The number of halogens is 4. The number of pyridine rings is 1. The largest absolute Gasteiger partial charge is 0.377 e. The standard InChI is InChI=1S/C6H2F3IN2O2/c7-2-1-3(10)6(12(13)14)11-4(2)5(8)9/h1,5H. The van der Waals surface area contributed by atoms with Crippen LogP contribution >= 0.6 is 22.6 Å². The van der Waals surface area contributed by atoms with Crippen LogP contribution in [0.15, 0.2) is 6.07 Å². The van der Waals surface area contributed by atoms with Crippen molar-refractivity contribution in [3.05, 3.63) is 31.3 Å². The molecule has 0 aromatic carbocycles. The van der Waals surface area contributed by atoms with E-state index >= 15 is 0 Å². The Morgan fingerprint density at radius 2 is 2.14 bits per heavy atom. The molecule has 0 amide bonds. The van der Waals surface area contributed by atoms with E-state index in [-0.39, 0.29) is 3.57 Å². The van der Waals surface area contributed by atoms with Gasteiger partial charge in [-0.3, -0.25) is 0 Å². The predicted molar refractivity (Wildman–Crippen MR) is 48.5 cm³/mol. The number of nitro groups is 1. The summed E-state index contributed by atoms with van der Waals surface area (Å²) in [5.74, 6) is -2.00. The number of nitrogens with zero attached hydrogens (tertiary/aromatic N) is 2. The van der Waals surface area contributed by atoms with Crippen LogP contribution in [0.25, 0.3) is 0 Å². The molecule has 1 rings (SSSR count). The van der Waals surface area contributed by atoms with Gasteiger partial charge < -0.3 is 10.1 Å². The lowest BCUT2D eigenvalue weighted by Gasteiger charge is -1.99. The first kappa shape index (κ1) is 11.1. The minimum atomic E-state index is -3.16. The number of alkyl halides is 2. The highest BCUT2D eigenvalue weighted by molar-refractivity contribution is 14.1. The second kappa shape index (κ2) is 4.07. The van der Waals surface area contributed by atoms with Crippen LogP contribution in [-0.4, -0.2) is 9.91 Å². The summed E-state index contributed by atoms with van der Waals surface area (Å²) >= 11 is 1.45. The zero-order chi connectivity index (χ0) is 10.9. The van der Waals surface area contributed by atoms with E-state index in [9.17, 15) is 23.3 Å². The second-order valence-electron chi connectivity index (χ2n) is 2.22. The van der Waals surface area contributed by atoms with Gasteiger partial charge in [0, 0.05) is 6.07 Å². The monoisotopic (exact) mass is 318 g/mol. The van der Waals surface area contributed by atoms with Crippen molar-refractivity contribution in [2.24, 2.45) is 0 Å². The second-order valence-corrected chi connectivity index (χ2v) is 3.38. The van der Waals surface area contributed by atoms with Gasteiger partial charge in [-0.1, -0.05) is 0 Å². The third kappa shape index (κ3) is 2.11. The summed E-state index contributed by atoms with van der Waals surface area (Å²) in [4.78, 5) is 12.3. The van der Waals surface area contributed by atoms with E-state index in [1.54, 1.807) is 0 Å². The van der Waals surface area contributed by atoms with Crippen LogP contribution in [0.1, 0.15) is 12.1 Å². The molecule has 1 aromatic rings. The topological polar surface area (TPSA) is 56.0 Å². The molecule has 0 N–H and O–H groups in total. The Hall–Kier alpha value is -0.930. The maximum absolute atomic E-state index is 12.8. The van der Waals surface area contributed by atoms with Gasteiger partial charge in [0.1, 0.15) is 3.57 Å². The highest BCUT2D eigenvalue weighted by atomic mass is 127. The highest BCUT2D eigenvalue weighted by Gasteiger charge is 2.26. The molecule has 0 fully saturated rings. The van der Waals surface area contributed by atoms with E-state index in [0.717, 1.165) is 0 Å². The molecule has 8 heteroatoms. The Bertz CT molecular complexity index is 386. The summed E-state index contributed by atoms with van der Waals surface area (Å²) in [6.07, 6.45) is -3.16. The Morgan fingerprint density at radius 3 is 2.57 bits per heavy atom. The van der Waals surface area contributed by atoms with E-state index in [2.05, 4.69) is 4.98 Å². The molecule has 4 nitrogen and oxygen atoms in total. The average Bonchev–Trinajstić information content (AvgIpc) is 2.02. The minimum absolute atomic E-state index is 0.116. The normalized spacial score (nSPS) is 10.6. The van der Waals surface area contributed by atoms with Gasteiger partial charge in [-0.25, -0.2) is 13.2 Å². The Morgan fingerprint density at radius 1 is 1.57 bits per heavy atom. The summed E-state index contributed by atoms with van der Waals surface area (Å²) in [5.41, 5.74) is -1.20. The maximum atomic E-state index is 12.8. The van der Waals surface area contributed by atoms with Crippen molar-refractivity contribution in [3.63, 3.8) is 0 Å². The first-order valence-corrected chi connectivity index (χ1v) is 4.30. The van der Waals surface area contributed by atoms with Crippen LogP contribution in [0.5, 0.6) is 0 Å². The number of rotatable bonds is 2. The van der Waals surface area contributed by atoms with Crippen LogP contribution in [0, 0.1) is 19.5 Å². The van der Waals surface area contributed by atoms with Gasteiger partial charge in [-0.15, -0.1) is 0 Å². The van der Waals surface area contributed by atoms with Gasteiger partial charge in [-0.2, -0.15) is 0 Å². The fourth-order valence-electron chi connectivity index (χ4n) is 0.752. The van der Waals surface area contributed by atoms with Crippen LogP contribution in [0.4, 0.5) is 19.0 Å². The van der Waals surface area contributed by atoms with Crippen LogP contribution < -0.4 is 0 Å². The first-order valence-electron chi connectivity index (χ1n) is 3.22. The predicted octanol–water partition coefficient (Wildman–Crippen LogP) is 2.67. The molecule has 14 heavy (non-hydrogen) atoms. The number of hydrogen-bond donors (Lipinski definition) is 0. The lowest BCUT2D eigenvalue weighted by atomic mass is 10.3. The molecular formula is C6H2F3IN2O2. The number of hydrogen-bond acceptors (Lipinski definition) is 3. The fourth-order valence-corrected chi connectivity index (χ4v) is 1.34. The quantitative estimate of drug-likeness (QED) is 0.478. The molecule has 0 unspecified atom stereocenters. The summed E-state index contributed by atoms with van der Waals surface area (Å²) < 4.78 is 36.8. The summed E-state index contributed by atoms with van der Waals surface area (Å²) in [6.45, 7) is 0. The van der Waals surface area contributed by atoms with Crippen molar-refractivity contribution in [1.29, 1.82) is 0 Å². The molecular weight excluding hydrogens is 316 g/mol.